The highest BCUT2D eigenvalue weighted by molar-refractivity contribution is 6.31. The number of rotatable bonds is 8. The van der Waals surface area contributed by atoms with Crippen LogP contribution in [0.25, 0.3) is 0 Å². The van der Waals surface area contributed by atoms with Crippen molar-refractivity contribution in [1.29, 1.82) is 0 Å². The van der Waals surface area contributed by atoms with Crippen LogP contribution in [0.4, 0.5) is 0 Å². The minimum atomic E-state index is -0.332. The Labute approximate surface area is 174 Å². The Morgan fingerprint density at radius 1 is 0.966 bits per heavy atom. The average molecular weight is 409 g/mol. The van der Waals surface area contributed by atoms with Crippen molar-refractivity contribution in [2.45, 2.75) is 13.5 Å². The summed E-state index contributed by atoms with van der Waals surface area (Å²) < 4.78 is 11.1. The number of hydrogen-bond acceptors (Lipinski definition) is 4. The average Bonchev–Trinajstić information content (AvgIpc) is 2.74. The molecule has 29 heavy (non-hydrogen) atoms. The summed E-state index contributed by atoms with van der Waals surface area (Å²) in [7, 11) is 0. The lowest BCUT2D eigenvalue weighted by atomic mass is 10.2. The van der Waals surface area contributed by atoms with Gasteiger partial charge in [0, 0.05) is 10.6 Å². The van der Waals surface area contributed by atoms with Gasteiger partial charge in [0.15, 0.2) is 6.61 Å². The third kappa shape index (κ3) is 6.66. The van der Waals surface area contributed by atoms with E-state index in [1.807, 2.05) is 79.7 Å². The van der Waals surface area contributed by atoms with Gasteiger partial charge < -0.3 is 9.47 Å². The molecular weight excluding hydrogens is 388 g/mol. The van der Waals surface area contributed by atoms with Crippen LogP contribution in [0, 0.1) is 6.92 Å². The van der Waals surface area contributed by atoms with Crippen LogP contribution in [-0.4, -0.2) is 18.7 Å². The summed E-state index contributed by atoms with van der Waals surface area (Å²) in [6, 6.07) is 22.4. The lowest BCUT2D eigenvalue weighted by Gasteiger charge is -2.07. The third-order valence-electron chi connectivity index (χ3n) is 4.03. The van der Waals surface area contributed by atoms with Crippen LogP contribution in [0.5, 0.6) is 11.5 Å². The van der Waals surface area contributed by atoms with Crippen LogP contribution in [0.1, 0.15) is 16.7 Å². The van der Waals surface area contributed by atoms with Crippen molar-refractivity contribution in [1.82, 2.24) is 5.43 Å². The van der Waals surface area contributed by atoms with Crippen LogP contribution in [0.2, 0.25) is 5.02 Å². The molecule has 6 heteroatoms. The van der Waals surface area contributed by atoms with E-state index in [9.17, 15) is 4.79 Å². The molecule has 0 aromatic heterocycles. The molecule has 0 spiro atoms. The van der Waals surface area contributed by atoms with Gasteiger partial charge >= 0.3 is 0 Å². The molecule has 0 unspecified atom stereocenters. The smallest absolute Gasteiger partial charge is 0.277 e. The standard InChI is InChI=1S/C23H21ClN2O3/c1-17-6-10-20(11-7-17)29-16-23(27)26-25-14-18-8-12-21(13-9-18)28-15-19-4-2-3-5-22(19)24/h2-14H,15-16H2,1H3,(H,26,27)/b25-14+. The first-order chi connectivity index (χ1) is 14.1. The molecule has 1 amide bonds. The lowest BCUT2D eigenvalue weighted by Crippen LogP contribution is -2.24. The van der Waals surface area contributed by atoms with Gasteiger partial charge in [-0.25, -0.2) is 5.43 Å². The van der Waals surface area contributed by atoms with Gasteiger partial charge in [0.2, 0.25) is 0 Å². The minimum absolute atomic E-state index is 0.102. The van der Waals surface area contributed by atoms with Crippen molar-refractivity contribution >= 4 is 23.7 Å². The predicted octanol–water partition coefficient (Wildman–Crippen LogP) is 4.76. The largest absolute Gasteiger partial charge is 0.489 e. The van der Waals surface area contributed by atoms with E-state index in [1.165, 1.54) is 0 Å². The number of carbonyl (C=O) groups is 1. The van der Waals surface area contributed by atoms with E-state index in [0.717, 1.165) is 22.4 Å². The molecule has 3 rings (SSSR count). The second-order valence-electron chi connectivity index (χ2n) is 6.34. The number of nitrogens with one attached hydrogen (secondary N) is 1. The lowest BCUT2D eigenvalue weighted by molar-refractivity contribution is -0.123. The number of benzene rings is 3. The second kappa shape index (κ2) is 10.3. The molecule has 1 N–H and O–H groups in total. The molecule has 0 saturated heterocycles. The number of hydrazone groups is 1. The normalized spacial score (nSPS) is 10.7. The third-order valence-corrected chi connectivity index (χ3v) is 4.39. The van der Waals surface area contributed by atoms with Crippen molar-refractivity contribution in [3.05, 3.63) is 94.5 Å². The van der Waals surface area contributed by atoms with Gasteiger partial charge in [-0.3, -0.25) is 4.79 Å². The second-order valence-corrected chi connectivity index (χ2v) is 6.75. The molecule has 0 radical (unpaired) electrons. The van der Waals surface area contributed by atoms with Crippen molar-refractivity contribution in [2.75, 3.05) is 6.61 Å². The SMILES string of the molecule is Cc1ccc(OCC(=O)N/N=C/c2ccc(OCc3ccccc3Cl)cc2)cc1. The number of hydrogen-bond donors (Lipinski definition) is 1. The van der Waals surface area contributed by atoms with Gasteiger partial charge in [-0.15, -0.1) is 0 Å². The fraction of sp³-hybridized carbons (Fsp3) is 0.130. The maximum absolute atomic E-state index is 11.8. The van der Waals surface area contributed by atoms with Crippen molar-refractivity contribution < 1.29 is 14.3 Å². The summed E-state index contributed by atoms with van der Waals surface area (Å²) >= 11 is 6.12. The first-order valence-electron chi connectivity index (χ1n) is 9.08. The first-order valence-corrected chi connectivity index (χ1v) is 9.45. The molecule has 0 saturated carbocycles. The maximum Gasteiger partial charge on any atom is 0.277 e. The van der Waals surface area contributed by atoms with Crippen LogP contribution < -0.4 is 14.9 Å². The van der Waals surface area contributed by atoms with E-state index in [0.29, 0.717) is 17.4 Å². The van der Waals surface area contributed by atoms with E-state index < -0.39 is 0 Å². The van der Waals surface area contributed by atoms with Crippen molar-refractivity contribution in [3.8, 4) is 11.5 Å². The van der Waals surface area contributed by atoms with E-state index in [2.05, 4.69) is 10.5 Å². The molecule has 0 aliphatic rings. The Hall–Kier alpha value is -3.31. The topological polar surface area (TPSA) is 59.9 Å². The fourth-order valence-electron chi connectivity index (χ4n) is 2.42. The molecular formula is C23H21ClN2O3. The van der Waals surface area contributed by atoms with E-state index in [1.54, 1.807) is 6.21 Å². The van der Waals surface area contributed by atoms with Crippen LogP contribution in [0.15, 0.2) is 77.9 Å². The monoisotopic (exact) mass is 408 g/mol. The number of carbonyl (C=O) groups excluding carboxylic acids is 1. The molecule has 0 aliphatic heterocycles. The zero-order valence-corrected chi connectivity index (χ0v) is 16.7. The summed E-state index contributed by atoms with van der Waals surface area (Å²) in [5.74, 6) is 1.03. The quantitative estimate of drug-likeness (QED) is 0.432. The summed E-state index contributed by atoms with van der Waals surface area (Å²) in [6.07, 6.45) is 1.56. The van der Waals surface area contributed by atoms with Gasteiger partial charge in [0.1, 0.15) is 18.1 Å². The predicted molar refractivity (Wildman–Crippen MR) is 115 cm³/mol. The Balaban J connectivity index is 1.42. The zero-order valence-electron chi connectivity index (χ0n) is 16.0. The molecule has 5 nitrogen and oxygen atoms in total. The summed E-state index contributed by atoms with van der Waals surface area (Å²) in [5.41, 5.74) is 5.33. The van der Waals surface area contributed by atoms with Gasteiger partial charge in [-0.2, -0.15) is 5.10 Å². The molecule has 3 aromatic rings. The summed E-state index contributed by atoms with van der Waals surface area (Å²) in [6.45, 7) is 2.28. The summed E-state index contributed by atoms with van der Waals surface area (Å²) in [5, 5.41) is 4.62. The molecule has 0 heterocycles. The van der Waals surface area contributed by atoms with E-state index in [4.69, 9.17) is 21.1 Å². The maximum atomic E-state index is 11.8. The Bertz CT molecular complexity index is 970. The van der Waals surface area contributed by atoms with Crippen LogP contribution >= 0.6 is 11.6 Å². The fourth-order valence-corrected chi connectivity index (χ4v) is 2.61. The number of nitrogens with zero attached hydrogens (tertiary/aromatic N) is 1. The highest BCUT2D eigenvalue weighted by Gasteiger charge is 2.02. The summed E-state index contributed by atoms with van der Waals surface area (Å²) in [4.78, 5) is 11.8. The van der Waals surface area contributed by atoms with Crippen molar-refractivity contribution in [2.24, 2.45) is 5.10 Å². The molecule has 0 aliphatic carbocycles. The van der Waals surface area contributed by atoms with Gasteiger partial charge in [0.25, 0.3) is 5.91 Å². The number of aryl methyl sites for hydroxylation is 1. The highest BCUT2D eigenvalue weighted by Crippen LogP contribution is 2.18. The Kier molecular flexibility index (Phi) is 7.25. The molecule has 0 bridgehead atoms. The highest BCUT2D eigenvalue weighted by atomic mass is 35.5. The zero-order chi connectivity index (χ0) is 20.5. The first kappa shape index (κ1) is 20.4. The van der Waals surface area contributed by atoms with Crippen LogP contribution in [-0.2, 0) is 11.4 Å². The number of halogens is 1. The minimum Gasteiger partial charge on any atom is -0.489 e. The molecule has 3 aromatic carbocycles. The van der Waals surface area contributed by atoms with Gasteiger partial charge in [-0.1, -0.05) is 47.5 Å². The Morgan fingerprint density at radius 2 is 1.62 bits per heavy atom. The van der Waals surface area contributed by atoms with Gasteiger partial charge in [-0.05, 0) is 55.0 Å². The Morgan fingerprint density at radius 3 is 2.34 bits per heavy atom. The van der Waals surface area contributed by atoms with Crippen molar-refractivity contribution in [3.63, 3.8) is 0 Å². The molecule has 0 fully saturated rings. The number of ether oxygens (including phenoxy) is 2. The molecule has 148 valence electrons. The van der Waals surface area contributed by atoms with E-state index in [-0.39, 0.29) is 12.5 Å². The molecule has 0 atom stereocenters. The van der Waals surface area contributed by atoms with Crippen LogP contribution in [0.3, 0.4) is 0 Å². The van der Waals surface area contributed by atoms with Gasteiger partial charge in [0.05, 0.1) is 6.21 Å². The van der Waals surface area contributed by atoms with E-state index >= 15 is 0 Å². The number of amides is 1.